The monoisotopic (exact) mass is 784 g/mol. The summed E-state index contributed by atoms with van der Waals surface area (Å²) in [4.78, 5) is -1.07. The molecule has 276 valence electrons. The van der Waals surface area contributed by atoms with Gasteiger partial charge in [-0.05, 0) is 83.6 Å². The van der Waals surface area contributed by atoms with E-state index in [-0.39, 0.29) is 77.7 Å². The highest BCUT2D eigenvalue weighted by Crippen LogP contribution is 2.41. The van der Waals surface area contributed by atoms with Gasteiger partial charge in [0.1, 0.15) is 26.2 Å². The smallest absolute Gasteiger partial charge is 0.339 e. The minimum Gasteiger partial charge on any atom is -0.504 e. The molecule has 18 heteroatoms. The van der Waals surface area contributed by atoms with E-state index in [1.54, 1.807) is 6.07 Å². The molecule has 0 fully saturated rings. The molecule has 0 radical (unpaired) electrons. The highest BCUT2D eigenvalue weighted by Gasteiger charge is 2.25. The van der Waals surface area contributed by atoms with Crippen LogP contribution in [0, 0.1) is 0 Å². The van der Waals surface area contributed by atoms with Crippen molar-refractivity contribution in [2.75, 3.05) is 21.3 Å². The third-order valence-corrected chi connectivity index (χ3v) is 11.5. The summed E-state index contributed by atoms with van der Waals surface area (Å²) in [5.41, 5.74) is 0. The first-order valence-electron chi connectivity index (χ1n) is 15.0. The van der Waals surface area contributed by atoms with Crippen LogP contribution in [-0.2, 0) is 30.4 Å². The van der Waals surface area contributed by atoms with Crippen molar-refractivity contribution >= 4 is 51.9 Å². The second-order valence-electron chi connectivity index (χ2n) is 11.1. The van der Waals surface area contributed by atoms with Crippen molar-refractivity contribution in [1.82, 2.24) is 0 Å². The molecule has 6 aromatic carbocycles. The fraction of sp³-hybridized carbons (Fsp3) is 0.0857. The van der Waals surface area contributed by atoms with Crippen LogP contribution in [0.15, 0.2) is 112 Å². The Kier molecular flexibility index (Phi) is 9.54. The number of ether oxygens (including phenoxy) is 3. The molecule has 0 amide bonds. The van der Waals surface area contributed by atoms with Gasteiger partial charge in [-0.1, -0.05) is 6.07 Å². The predicted molar refractivity (Wildman–Crippen MR) is 189 cm³/mol. The third kappa shape index (κ3) is 7.32. The van der Waals surface area contributed by atoms with Gasteiger partial charge < -0.3 is 42.1 Å². The topological polar surface area (TPSA) is 218 Å². The molecule has 3 N–H and O–H groups in total. The van der Waals surface area contributed by atoms with Crippen LogP contribution in [0.1, 0.15) is 0 Å². The van der Waals surface area contributed by atoms with Crippen molar-refractivity contribution in [3.05, 3.63) is 97.1 Å². The standard InChI is InChI=1S/C35H28O15S3/c1-45-32-17-24(7-11-29(32)36)51(39,40)48-22-6-10-27-21(15-22)14-20-4-5-23(49-52(41,42)25-8-12-30(37)33(18-25)46-2)16-28(20)35(27)50-53(43,44)26-9-13-31(38)34(19-26)47-3/h4-19,36-38H,1-3H3. The van der Waals surface area contributed by atoms with E-state index in [1.165, 1.54) is 57.7 Å². The molecule has 6 rings (SSSR count). The first-order valence-corrected chi connectivity index (χ1v) is 19.2. The number of rotatable bonds is 12. The van der Waals surface area contributed by atoms with Crippen molar-refractivity contribution < 1.29 is 67.3 Å². The van der Waals surface area contributed by atoms with Gasteiger partial charge >= 0.3 is 30.4 Å². The van der Waals surface area contributed by atoms with Crippen LogP contribution >= 0.6 is 0 Å². The highest BCUT2D eigenvalue weighted by atomic mass is 32.2. The van der Waals surface area contributed by atoms with E-state index >= 15 is 0 Å². The number of aromatic hydroxyl groups is 3. The molecule has 0 aliphatic heterocycles. The Bertz CT molecular complexity index is 2750. The Morgan fingerprint density at radius 2 is 0.830 bits per heavy atom. The average molecular weight is 785 g/mol. The summed E-state index contributed by atoms with van der Waals surface area (Å²) in [5, 5.41) is 30.6. The van der Waals surface area contributed by atoms with Crippen LogP contribution in [0.25, 0.3) is 21.5 Å². The highest BCUT2D eigenvalue weighted by molar-refractivity contribution is 7.87. The summed E-state index contributed by atoms with van der Waals surface area (Å²) in [6, 6.07) is 19.2. The largest absolute Gasteiger partial charge is 0.504 e. The summed E-state index contributed by atoms with van der Waals surface area (Å²) in [6.45, 7) is 0. The molecule has 0 atom stereocenters. The summed E-state index contributed by atoms with van der Waals surface area (Å²) in [5.74, 6) is -2.00. The lowest BCUT2D eigenvalue weighted by molar-refractivity contribution is 0.371. The van der Waals surface area contributed by atoms with Crippen molar-refractivity contribution in [3.8, 4) is 51.7 Å². The molecular formula is C35H28O15S3. The number of hydrogen-bond donors (Lipinski definition) is 3. The second-order valence-corrected chi connectivity index (χ2v) is 15.7. The van der Waals surface area contributed by atoms with Gasteiger partial charge in [0.15, 0.2) is 40.2 Å². The van der Waals surface area contributed by atoms with Gasteiger partial charge in [0, 0.05) is 29.0 Å². The van der Waals surface area contributed by atoms with Crippen molar-refractivity contribution in [1.29, 1.82) is 0 Å². The van der Waals surface area contributed by atoms with Crippen LogP contribution in [-0.4, -0.2) is 61.9 Å². The molecule has 0 heterocycles. The first-order chi connectivity index (χ1) is 25.0. The number of methoxy groups -OCH3 is 3. The number of phenolic OH excluding ortho intramolecular Hbond substituents is 3. The summed E-state index contributed by atoms with van der Waals surface area (Å²) >= 11 is 0. The Morgan fingerprint density at radius 1 is 0.415 bits per heavy atom. The van der Waals surface area contributed by atoms with E-state index in [0.717, 1.165) is 54.6 Å². The Balaban J connectivity index is 1.47. The van der Waals surface area contributed by atoms with Crippen LogP contribution < -0.4 is 26.8 Å². The van der Waals surface area contributed by atoms with Gasteiger partial charge in [-0.2, -0.15) is 25.3 Å². The fourth-order valence-electron chi connectivity index (χ4n) is 5.18. The van der Waals surface area contributed by atoms with Crippen LogP contribution in [0.4, 0.5) is 0 Å². The van der Waals surface area contributed by atoms with E-state index in [0.29, 0.717) is 5.39 Å². The molecule has 0 saturated carbocycles. The summed E-state index contributed by atoms with van der Waals surface area (Å²) in [7, 11) is -9.93. The molecule has 53 heavy (non-hydrogen) atoms. The maximum absolute atomic E-state index is 13.7. The minimum absolute atomic E-state index is 0.0697. The lowest BCUT2D eigenvalue weighted by Gasteiger charge is -2.16. The zero-order chi connectivity index (χ0) is 38.3. The van der Waals surface area contributed by atoms with Crippen molar-refractivity contribution in [2.45, 2.75) is 14.7 Å². The lowest BCUT2D eigenvalue weighted by Crippen LogP contribution is -2.11. The summed E-state index contributed by atoms with van der Waals surface area (Å²) in [6.07, 6.45) is 0. The van der Waals surface area contributed by atoms with Crippen LogP contribution in [0.3, 0.4) is 0 Å². The third-order valence-electron chi connectivity index (χ3n) is 7.77. The molecule has 0 aliphatic rings. The zero-order valence-corrected chi connectivity index (χ0v) is 30.2. The van der Waals surface area contributed by atoms with Gasteiger partial charge in [-0.25, -0.2) is 0 Å². The average Bonchev–Trinajstić information content (AvgIpc) is 3.11. The predicted octanol–water partition coefficient (Wildman–Crippen LogP) is 5.44. The SMILES string of the molecule is COc1cc(S(=O)(=O)Oc2ccc3c(OS(=O)(=O)c4ccc(O)c(OC)c4)c4cc(OS(=O)(=O)c5ccc(O)c(OC)c5)ccc4cc3c2)ccc1O. The maximum Gasteiger partial charge on any atom is 0.339 e. The number of hydrogen-bond acceptors (Lipinski definition) is 15. The second kappa shape index (κ2) is 13.8. The molecule has 0 aliphatic carbocycles. The van der Waals surface area contributed by atoms with Crippen molar-refractivity contribution in [3.63, 3.8) is 0 Å². The number of benzene rings is 6. The van der Waals surface area contributed by atoms with Gasteiger partial charge in [0.2, 0.25) is 0 Å². The Labute approximate surface area is 303 Å². The van der Waals surface area contributed by atoms with E-state index in [4.69, 9.17) is 26.8 Å². The molecular weight excluding hydrogens is 757 g/mol. The molecule has 0 bridgehead atoms. The molecule has 0 spiro atoms. The molecule has 15 nitrogen and oxygen atoms in total. The lowest BCUT2D eigenvalue weighted by atomic mass is 10.0. The molecule has 0 saturated heterocycles. The van der Waals surface area contributed by atoms with Gasteiger partial charge in [-0.15, -0.1) is 0 Å². The van der Waals surface area contributed by atoms with Crippen molar-refractivity contribution in [2.24, 2.45) is 0 Å². The Hall–Kier alpha value is -6.11. The quantitative estimate of drug-likeness (QED) is 0.104. The van der Waals surface area contributed by atoms with E-state index in [1.807, 2.05) is 0 Å². The molecule has 6 aromatic rings. The molecule has 0 unspecified atom stereocenters. The van der Waals surface area contributed by atoms with Crippen LogP contribution in [0.2, 0.25) is 0 Å². The first kappa shape index (κ1) is 36.7. The van der Waals surface area contributed by atoms with E-state index in [2.05, 4.69) is 0 Å². The minimum atomic E-state index is -4.68. The number of fused-ring (bicyclic) bond motifs is 2. The normalized spacial score (nSPS) is 12.0. The van der Waals surface area contributed by atoms with Gasteiger partial charge in [-0.3, -0.25) is 0 Å². The molecule has 0 aromatic heterocycles. The van der Waals surface area contributed by atoms with E-state index < -0.39 is 35.2 Å². The maximum atomic E-state index is 13.7. The van der Waals surface area contributed by atoms with Crippen LogP contribution in [0.5, 0.6) is 51.7 Å². The number of phenols is 3. The van der Waals surface area contributed by atoms with Gasteiger partial charge in [0.05, 0.1) is 21.3 Å². The Morgan fingerprint density at radius 3 is 1.28 bits per heavy atom. The van der Waals surface area contributed by atoms with Gasteiger partial charge in [0.25, 0.3) is 0 Å². The van der Waals surface area contributed by atoms with E-state index in [9.17, 15) is 40.6 Å². The zero-order valence-electron chi connectivity index (χ0n) is 27.7. The fourth-order valence-corrected chi connectivity index (χ4v) is 8.04. The summed E-state index contributed by atoms with van der Waals surface area (Å²) < 4.78 is 112.